The molecule has 4 rings (SSSR count). The third-order valence-corrected chi connectivity index (χ3v) is 4.25. The Bertz CT molecular complexity index is 1170. The number of benzene rings is 2. The monoisotopic (exact) mass is 341 g/mol. The van der Waals surface area contributed by atoms with Gasteiger partial charge in [0.1, 0.15) is 11.4 Å². The Hall–Kier alpha value is -3.47. The third kappa shape index (κ3) is 3.07. The van der Waals surface area contributed by atoms with Crippen molar-refractivity contribution in [1.82, 2.24) is 15.0 Å². The summed E-state index contributed by atoms with van der Waals surface area (Å²) < 4.78 is 0. The second-order valence-corrected chi connectivity index (χ2v) is 6.15. The number of nitrogens with zero attached hydrogens (tertiary/aromatic N) is 3. The number of pyridine rings is 1. The Balaban J connectivity index is 1.64. The summed E-state index contributed by atoms with van der Waals surface area (Å²) >= 11 is 0. The largest absolute Gasteiger partial charge is 0.293 e. The van der Waals surface area contributed by atoms with E-state index in [1.54, 1.807) is 12.3 Å². The minimum atomic E-state index is -0.138. The molecule has 0 radical (unpaired) electrons. The molecule has 0 N–H and O–H groups in total. The number of fused-ring (bicyclic) bond motifs is 2. The highest BCUT2D eigenvalue weighted by Crippen LogP contribution is 2.17. The topological polar surface area (TPSA) is 72.8 Å². The number of ketones is 2. The van der Waals surface area contributed by atoms with Crippen LogP contribution in [-0.4, -0.2) is 26.5 Å². The highest BCUT2D eigenvalue weighted by Gasteiger charge is 2.11. The fourth-order valence-electron chi connectivity index (χ4n) is 2.85. The molecule has 0 amide bonds. The Labute approximate surface area is 149 Å². The molecule has 0 bridgehead atoms. The van der Waals surface area contributed by atoms with Gasteiger partial charge in [0, 0.05) is 24.9 Å². The molecule has 0 aliphatic heterocycles. The minimum absolute atomic E-state index is 0.0641. The Morgan fingerprint density at radius 2 is 1.65 bits per heavy atom. The van der Waals surface area contributed by atoms with E-state index < -0.39 is 0 Å². The zero-order chi connectivity index (χ0) is 18.1. The lowest BCUT2D eigenvalue weighted by Crippen LogP contribution is -2.06. The van der Waals surface area contributed by atoms with Crippen LogP contribution in [-0.2, 0) is 6.42 Å². The molecule has 0 saturated carbocycles. The second-order valence-electron chi connectivity index (χ2n) is 6.15. The van der Waals surface area contributed by atoms with E-state index >= 15 is 0 Å². The molecule has 0 atom stereocenters. The summed E-state index contributed by atoms with van der Waals surface area (Å²) in [5.74, 6) is -0.202. The van der Waals surface area contributed by atoms with E-state index in [1.165, 1.54) is 13.1 Å². The Kier molecular flexibility index (Phi) is 3.97. The predicted octanol–water partition coefficient (Wildman–Crippen LogP) is 3.81. The summed E-state index contributed by atoms with van der Waals surface area (Å²) in [6.45, 7) is 1.45. The number of rotatable bonds is 4. The van der Waals surface area contributed by atoms with Crippen LogP contribution in [0.15, 0.2) is 60.9 Å². The van der Waals surface area contributed by atoms with Gasteiger partial charge in [-0.2, -0.15) is 0 Å². The van der Waals surface area contributed by atoms with Gasteiger partial charge in [0.15, 0.2) is 11.6 Å². The predicted molar refractivity (Wildman–Crippen MR) is 99.3 cm³/mol. The van der Waals surface area contributed by atoms with Gasteiger partial charge >= 0.3 is 0 Å². The highest BCUT2D eigenvalue weighted by atomic mass is 16.1. The first-order valence-corrected chi connectivity index (χ1v) is 8.25. The van der Waals surface area contributed by atoms with Crippen molar-refractivity contribution in [3.63, 3.8) is 0 Å². The first-order valence-electron chi connectivity index (χ1n) is 8.25. The van der Waals surface area contributed by atoms with Crippen molar-refractivity contribution in [1.29, 1.82) is 0 Å². The van der Waals surface area contributed by atoms with Gasteiger partial charge in [-0.05, 0) is 29.1 Å². The molecule has 2 aromatic heterocycles. The molecule has 2 aromatic carbocycles. The van der Waals surface area contributed by atoms with E-state index in [1.807, 2.05) is 42.5 Å². The zero-order valence-electron chi connectivity index (χ0n) is 14.1. The molecule has 0 aliphatic rings. The maximum atomic E-state index is 12.6. The molecular weight excluding hydrogens is 326 g/mol. The van der Waals surface area contributed by atoms with Crippen molar-refractivity contribution in [2.45, 2.75) is 13.3 Å². The molecule has 5 heteroatoms. The van der Waals surface area contributed by atoms with Crippen molar-refractivity contribution in [2.24, 2.45) is 0 Å². The van der Waals surface area contributed by atoms with Crippen LogP contribution in [0, 0.1) is 0 Å². The molecule has 0 unspecified atom stereocenters. The van der Waals surface area contributed by atoms with Crippen LogP contribution in [0.25, 0.3) is 21.8 Å². The summed E-state index contributed by atoms with van der Waals surface area (Å²) in [6, 6.07) is 15.1. The Morgan fingerprint density at radius 3 is 2.46 bits per heavy atom. The van der Waals surface area contributed by atoms with Gasteiger partial charge in [-0.15, -0.1) is 0 Å². The quantitative estimate of drug-likeness (QED) is 0.528. The van der Waals surface area contributed by atoms with Crippen molar-refractivity contribution in [3.8, 4) is 0 Å². The number of Topliss-reactive ketones (excluding diaryl/α,β-unsaturated/α-hetero) is 2. The van der Waals surface area contributed by atoms with Gasteiger partial charge in [0.25, 0.3) is 0 Å². The molecular formula is C21H15N3O2. The van der Waals surface area contributed by atoms with Crippen LogP contribution in [0.4, 0.5) is 0 Å². The van der Waals surface area contributed by atoms with Crippen LogP contribution in [0.3, 0.4) is 0 Å². The number of hydrogen-bond acceptors (Lipinski definition) is 5. The van der Waals surface area contributed by atoms with Gasteiger partial charge < -0.3 is 0 Å². The van der Waals surface area contributed by atoms with Gasteiger partial charge in [0.05, 0.1) is 17.2 Å². The van der Waals surface area contributed by atoms with E-state index in [4.69, 9.17) is 0 Å². The number of aromatic nitrogens is 3. The third-order valence-electron chi connectivity index (χ3n) is 4.25. The lowest BCUT2D eigenvalue weighted by molar-refractivity contribution is 0.0985. The van der Waals surface area contributed by atoms with Crippen molar-refractivity contribution >= 4 is 33.4 Å². The standard InChI is InChI=1S/C21H15N3O2/c1-13(25)20-12-23-17-7-6-14(8-18(17)24-20)9-21(26)19-10-15-4-2-3-5-16(15)11-22-19/h2-8,10-12H,9H2,1H3. The summed E-state index contributed by atoms with van der Waals surface area (Å²) in [5.41, 5.74) is 2.86. The zero-order valence-corrected chi connectivity index (χ0v) is 14.1. The van der Waals surface area contributed by atoms with Crippen molar-refractivity contribution in [2.75, 3.05) is 0 Å². The van der Waals surface area contributed by atoms with Crippen LogP contribution < -0.4 is 0 Å². The summed E-state index contributed by atoms with van der Waals surface area (Å²) in [5, 5.41) is 1.99. The summed E-state index contributed by atoms with van der Waals surface area (Å²) in [4.78, 5) is 36.9. The molecule has 2 heterocycles. The number of hydrogen-bond donors (Lipinski definition) is 0. The maximum Gasteiger partial charge on any atom is 0.185 e. The molecule has 26 heavy (non-hydrogen) atoms. The molecule has 0 aliphatic carbocycles. The van der Waals surface area contributed by atoms with Crippen molar-refractivity contribution in [3.05, 3.63) is 77.9 Å². The second kappa shape index (κ2) is 6.44. The number of carbonyl (C=O) groups is 2. The van der Waals surface area contributed by atoms with E-state index in [2.05, 4.69) is 15.0 Å². The lowest BCUT2D eigenvalue weighted by atomic mass is 10.0. The molecule has 0 saturated heterocycles. The van der Waals surface area contributed by atoms with E-state index in [9.17, 15) is 9.59 Å². The van der Waals surface area contributed by atoms with Gasteiger partial charge in [-0.25, -0.2) is 4.98 Å². The highest BCUT2D eigenvalue weighted by molar-refractivity contribution is 5.99. The molecule has 5 nitrogen and oxygen atoms in total. The molecule has 4 aromatic rings. The normalized spacial score (nSPS) is 11.0. The molecule has 126 valence electrons. The average Bonchev–Trinajstić information content (AvgIpc) is 2.67. The van der Waals surface area contributed by atoms with E-state index in [-0.39, 0.29) is 18.0 Å². The van der Waals surface area contributed by atoms with E-state index in [0.29, 0.717) is 22.4 Å². The van der Waals surface area contributed by atoms with Crippen LogP contribution >= 0.6 is 0 Å². The van der Waals surface area contributed by atoms with Gasteiger partial charge in [-0.3, -0.25) is 19.6 Å². The van der Waals surface area contributed by atoms with Crippen LogP contribution in [0.2, 0.25) is 0 Å². The van der Waals surface area contributed by atoms with Crippen molar-refractivity contribution < 1.29 is 9.59 Å². The lowest BCUT2D eigenvalue weighted by Gasteiger charge is -2.05. The minimum Gasteiger partial charge on any atom is -0.293 e. The maximum absolute atomic E-state index is 12.6. The smallest absolute Gasteiger partial charge is 0.185 e. The van der Waals surface area contributed by atoms with E-state index in [0.717, 1.165) is 16.3 Å². The van der Waals surface area contributed by atoms with Crippen LogP contribution in [0.1, 0.15) is 33.5 Å². The number of carbonyl (C=O) groups excluding carboxylic acids is 2. The first-order chi connectivity index (χ1) is 12.6. The average molecular weight is 341 g/mol. The van der Waals surface area contributed by atoms with Gasteiger partial charge in [0.2, 0.25) is 0 Å². The fourth-order valence-corrected chi connectivity index (χ4v) is 2.85. The fraction of sp³-hybridized carbons (Fsp3) is 0.0952. The summed E-state index contributed by atoms with van der Waals surface area (Å²) in [6.07, 6.45) is 3.40. The molecule has 0 spiro atoms. The van der Waals surface area contributed by atoms with Crippen LogP contribution in [0.5, 0.6) is 0 Å². The first kappa shape index (κ1) is 16.0. The summed E-state index contributed by atoms with van der Waals surface area (Å²) in [7, 11) is 0. The van der Waals surface area contributed by atoms with Gasteiger partial charge in [-0.1, -0.05) is 30.3 Å². The Morgan fingerprint density at radius 1 is 0.846 bits per heavy atom. The SMILES string of the molecule is CC(=O)c1cnc2ccc(CC(=O)c3cc4ccccc4cn3)cc2n1. The molecule has 0 fully saturated rings.